The lowest BCUT2D eigenvalue weighted by atomic mass is 9.77. The first-order chi connectivity index (χ1) is 19.3. The van der Waals surface area contributed by atoms with Gasteiger partial charge in [0.2, 0.25) is 0 Å². The number of hydrogen-bond donors (Lipinski definition) is 2. The number of hydrogen-bond acceptors (Lipinski definition) is 6. The molecule has 2 fully saturated rings. The van der Waals surface area contributed by atoms with Gasteiger partial charge in [-0.1, -0.05) is 35.9 Å². The van der Waals surface area contributed by atoms with Gasteiger partial charge in [0.15, 0.2) is 0 Å². The van der Waals surface area contributed by atoms with E-state index in [9.17, 15) is 21.6 Å². The fourth-order valence-electron chi connectivity index (χ4n) is 5.73. The zero-order chi connectivity index (χ0) is 29.6. The van der Waals surface area contributed by atoms with Crippen LogP contribution in [0, 0.1) is 5.82 Å². The third-order valence-corrected chi connectivity index (χ3v) is 9.84. The van der Waals surface area contributed by atoms with E-state index in [-0.39, 0.29) is 47.4 Å². The van der Waals surface area contributed by atoms with Gasteiger partial charge in [-0.2, -0.15) is 13.2 Å². The molecule has 0 bridgehead atoms. The summed E-state index contributed by atoms with van der Waals surface area (Å²) in [6.07, 6.45) is 0.496. The average molecular weight is 612 g/mol. The first-order valence-corrected chi connectivity index (χ1v) is 15.0. The molecule has 7 nitrogen and oxygen atoms in total. The van der Waals surface area contributed by atoms with Crippen LogP contribution in [0.15, 0.2) is 59.9 Å². The molecule has 0 spiro atoms. The number of aromatic nitrogens is 2. The molecule has 2 saturated carbocycles. The Morgan fingerprint density at radius 2 is 1.85 bits per heavy atom. The highest BCUT2D eigenvalue weighted by Gasteiger charge is 2.64. The van der Waals surface area contributed by atoms with Crippen LogP contribution in [0.4, 0.5) is 29.1 Å². The molecule has 0 amide bonds. The normalized spacial score (nSPS) is 22.4. The van der Waals surface area contributed by atoms with Crippen molar-refractivity contribution in [2.24, 2.45) is 0 Å². The van der Waals surface area contributed by atoms with E-state index in [0.29, 0.717) is 24.8 Å². The highest BCUT2D eigenvalue weighted by atomic mass is 35.5. The summed E-state index contributed by atoms with van der Waals surface area (Å²) in [5.74, 6) is -0.944. The molecule has 220 valence electrons. The van der Waals surface area contributed by atoms with Crippen LogP contribution >= 0.6 is 11.6 Å². The van der Waals surface area contributed by atoms with Crippen LogP contribution in [0.3, 0.4) is 0 Å². The molecule has 2 aromatic carbocycles. The predicted octanol–water partition coefficient (Wildman–Crippen LogP) is 6.34. The number of sulfonamides is 1. The minimum atomic E-state index is -4.30. The Hall–Kier alpha value is -2.96. The summed E-state index contributed by atoms with van der Waals surface area (Å²) in [7, 11) is -0.475. The molecule has 1 aromatic heterocycles. The molecule has 3 atom stereocenters. The van der Waals surface area contributed by atoms with Gasteiger partial charge in [-0.15, -0.1) is 0 Å². The first kappa shape index (κ1) is 29.5. The van der Waals surface area contributed by atoms with Crippen molar-refractivity contribution in [1.29, 1.82) is 0 Å². The Morgan fingerprint density at radius 3 is 2.49 bits per heavy atom. The fraction of sp³-hybridized carbons (Fsp3) is 0.429. The molecular formula is C28H30ClF4N5O2S. The summed E-state index contributed by atoms with van der Waals surface area (Å²) in [5, 5.41) is 3.32. The lowest BCUT2D eigenvalue weighted by Gasteiger charge is -2.41. The number of halogens is 5. The second-order valence-corrected chi connectivity index (χ2v) is 13.0. The topological polar surface area (TPSA) is 87.2 Å². The largest absolute Gasteiger partial charge is 0.398 e. The predicted molar refractivity (Wildman–Crippen MR) is 149 cm³/mol. The van der Waals surface area contributed by atoms with Gasteiger partial charge in [0, 0.05) is 18.3 Å². The summed E-state index contributed by atoms with van der Waals surface area (Å²) in [6, 6.07) is 10.1. The van der Waals surface area contributed by atoms with E-state index in [0.717, 1.165) is 24.0 Å². The molecule has 0 saturated heterocycles. The molecule has 0 radical (unpaired) electrons. The quantitative estimate of drug-likeness (QED) is 0.289. The summed E-state index contributed by atoms with van der Waals surface area (Å²) in [5.41, 5.74) is -0.259. The smallest absolute Gasteiger partial charge is 0.379 e. The lowest BCUT2D eigenvalue weighted by Crippen LogP contribution is -2.47. The van der Waals surface area contributed by atoms with Crippen LogP contribution in [-0.2, 0) is 15.4 Å². The van der Waals surface area contributed by atoms with Crippen molar-refractivity contribution in [2.45, 2.75) is 66.6 Å². The van der Waals surface area contributed by atoms with Crippen LogP contribution in [0.1, 0.15) is 49.1 Å². The van der Waals surface area contributed by atoms with Crippen LogP contribution < -0.4 is 10.0 Å². The Morgan fingerprint density at radius 1 is 1.10 bits per heavy atom. The van der Waals surface area contributed by atoms with Gasteiger partial charge in [-0.05, 0) is 81.4 Å². The number of nitrogens with one attached hydrogen (secondary N) is 2. The van der Waals surface area contributed by atoms with E-state index in [1.54, 1.807) is 18.2 Å². The van der Waals surface area contributed by atoms with Crippen molar-refractivity contribution < 1.29 is 26.0 Å². The van der Waals surface area contributed by atoms with Crippen molar-refractivity contribution in [3.05, 3.63) is 77.0 Å². The van der Waals surface area contributed by atoms with Crippen LogP contribution in [-0.4, -0.2) is 55.6 Å². The monoisotopic (exact) mass is 611 g/mol. The number of benzene rings is 2. The van der Waals surface area contributed by atoms with Gasteiger partial charge in [0.25, 0.3) is 10.0 Å². The van der Waals surface area contributed by atoms with E-state index in [1.165, 1.54) is 12.3 Å². The molecule has 13 heteroatoms. The van der Waals surface area contributed by atoms with Gasteiger partial charge < -0.3 is 10.2 Å². The number of rotatable bonds is 8. The van der Waals surface area contributed by atoms with Crippen molar-refractivity contribution >= 4 is 33.1 Å². The number of likely N-dealkylation sites (N-methyl/N-ethyl adjacent to an activating group) is 1. The van der Waals surface area contributed by atoms with Crippen molar-refractivity contribution in [1.82, 2.24) is 14.9 Å². The molecule has 1 unspecified atom stereocenters. The Bertz CT molecular complexity index is 1520. The van der Waals surface area contributed by atoms with Crippen LogP contribution in [0.5, 0.6) is 0 Å². The van der Waals surface area contributed by atoms with Crippen molar-refractivity contribution in [3.63, 3.8) is 0 Å². The SMILES string of the molecule is CN(C)[C@H]1C[C@@H](c2cccc(C3(C(F)(F)F)CC3)c2)CCC1Nc1cc(F)c(S(=O)(=O)Nc2ccncn2)cc1Cl. The molecule has 5 rings (SSSR count). The van der Waals surface area contributed by atoms with Gasteiger partial charge in [0.05, 0.1) is 16.1 Å². The van der Waals surface area contributed by atoms with E-state index < -0.39 is 32.3 Å². The van der Waals surface area contributed by atoms with Crippen molar-refractivity contribution in [2.75, 3.05) is 24.1 Å². The standard InChI is InChI=1S/C28H30ClF4N5O2S/c1-38(2)24-13-18(17-4-3-5-19(12-17)27(9-10-27)28(31,32)33)6-7-22(24)36-23-15-21(30)25(14-20(23)29)41(39,40)37-26-8-11-34-16-35-26/h3-5,8,11-12,14-16,18,22,24,36H,6-7,9-10,13H2,1-2H3,(H,34,35,37)/t18-,22?,24-/m0/s1. The Labute approximate surface area is 241 Å². The summed E-state index contributed by atoms with van der Waals surface area (Å²) >= 11 is 6.43. The Kier molecular flexibility index (Phi) is 7.95. The number of alkyl halides is 3. The van der Waals surface area contributed by atoms with E-state index >= 15 is 4.39 Å². The molecule has 1 heterocycles. The Balaban J connectivity index is 1.33. The van der Waals surface area contributed by atoms with E-state index in [1.807, 2.05) is 25.1 Å². The van der Waals surface area contributed by atoms with Crippen molar-refractivity contribution in [3.8, 4) is 0 Å². The summed E-state index contributed by atoms with van der Waals surface area (Å²) < 4.78 is 84.1. The minimum Gasteiger partial charge on any atom is -0.379 e. The third kappa shape index (κ3) is 6.00. The average Bonchev–Trinajstić information content (AvgIpc) is 3.74. The summed E-state index contributed by atoms with van der Waals surface area (Å²) in [4.78, 5) is 8.92. The molecule has 2 N–H and O–H groups in total. The number of nitrogens with zero attached hydrogens (tertiary/aromatic N) is 3. The molecule has 41 heavy (non-hydrogen) atoms. The molecular weight excluding hydrogens is 582 g/mol. The second-order valence-electron chi connectivity index (χ2n) is 11.0. The minimum absolute atomic E-state index is 0.0143. The lowest BCUT2D eigenvalue weighted by molar-refractivity contribution is -0.160. The van der Waals surface area contributed by atoms with Crippen LogP contribution in [0.25, 0.3) is 0 Å². The van der Waals surface area contributed by atoms with Gasteiger partial charge in [-0.25, -0.2) is 22.8 Å². The molecule has 2 aliphatic carbocycles. The molecule has 2 aliphatic rings. The highest BCUT2D eigenvalue weighted by molar-refractivity contribution is 7.92. The molecule has 3 aromatic rings. The van der Waals surface area contributed by atoms with E-state index in [2.05, 4.69) is 20.0 Å². The third-order valence-electron chi connectivity index (χ3n) is 8.16. The van der Waals surface area contributed by atoms with Crippen LogP contribution in [0.2, 0.25) is 5.02 Å². The zero-order valence-corrected chi connectivity index (χ0v) is 24.0. The maximum absolute atomic E-state index is 15.1. The maximum Gasteiger partial charge on any atom is 0.398 e. The highest BCUT2D eigenvalue weighted by Crippen LogP contribution is 2.59. The number of anilines is 2. The molecule has 0 aliphatic heterocycles. The second kappa shape index (κ2) is 11.0. The first-order valence-electron chi connectivity index (χ1n) is 13.2. The van der Waals surface area contributed by atoms with Gasteiger partial charge >= 0.3 is 6.18 Å². The summed E-state index contributed by atoms with van der Waals surface area (Å²) in [6.45, 7) is 0. The van der Waals surface area contributed by atoms with E-state index in [4.69, 9.17) is 11.6 Å². The maximum atomic E-state index is 15.1. The zero-order valence-electron chi connectivity index (χ0n) is 22.4. The fourth-order valence-corrected chi connectivity index (χ4v) is 7.11. The van der Waals surface area contributed by atoms with Gasteiger partial charge in [0.1, 0.15) is 22.9 Å². The van der Waals surface area contributed by atoms with Gasteiger partial charge in [-0.3, -0.25) is 4.72 Å².